The van der Waals surface area contributed by atoms with Crippen molar-refractivity contribution < 1.29 is 5.11 Å². The zero-order valence-electron chi connectivity index (χ0n) is 9.41. The third-order valence-electron chi connectivity index (χ3n) is 3.27. The van der Waals surface area contributed by atoms with Gasteiger partial charge >= 0.3 is 0 Å². The van der Waals surface area contributed by atoms with Crippen molar-refractivity contribution in [1.29, 1.82) is 5.26 Å². The van der Waals surface area contributed by atoms with Crippen LogP contribution in [0.25, 0.3) is 0 Å². The molecule has 2 unspecified atom stereocenters. The highest BCUT2D eigenvalue weighted by Crippen LogP contribution is 2.23. The summed E-state index contributed by atoms with van der Waals surface area (Å²) in [5.74, 6) is 0.453. The van der Waals surface area contributed by atoms with E-state index in [0.717, 1.165) is 25.8 Å². The summed E-state index contributed by atoms with van der Waals surface area (Å²) in [7, 11) is 0. The molecule has 3 nitrogen and oxygen atoms in total. The van der Waals surface area contributed by atoms with E-state index in [1.54, 1.807) is 0 Å². The summed E-state index contributed by atoms with van der Waals surface area (Å²) in [4.78, 5) is 0. The van der Waals surface area contributed by atoms with Crippen LogP contribution in [0.4, 0.5) is 0 Å². The largest absolute Gasteiger partial charge is 0.396 e. The molecule has 1 rings (SSSR count). The molecule has 0 aliphatic heterocycles. The summed E-state index contributed by atoms with van der Waals surface area (Å²) in [6, 6.07) is 2.66. The molecule has 0 saturated heterocycles. The van der Waals surface area contributed by atoms with Crippen LogP contribution in [0.1, 0.15) is 44.9 Å². The van der Waals surface area contributed by atoms with Gasteiger partial charge in [-0.05, 0) is 38.1 Å². The Balaban J connectivity index is 2.10. The number of aliphatic hydroxyl groups is 1. The molecule has 0 heterocycles. The lowest BCUT2D eigenvalue weighted by molar-refractivity contribution is 0.153. The molecule has 1 fully saturated rings. The molecule has 0 spiro atoms. The van der Waals surface area contributed by atoms with Crippen molar-refractivity contribution in [3.8, 4) is 6.07 Å². The molecule has 2 atom stereocenters. The predicted molar refractivity (Wildman–Crippen MR) is 60.3 cm³/mol. The second-order valence-corrected chi connectivity index (χ2v) is 4.40. The fourth-order valence-corrected chi connectivity index (χ4v) is 2.31. The van der Waals surface area contributed by atoms with Crippen LogP contribution < -0.4 is 5.32 Å². The van der Waals surface area contributed by atoms with E-state index in [-0.39, 0.29) is 0 Å². The molecule has 0 bridgehead atoms. The Morgan fingerprint density at radius 1 is 1.27 bits per heavy atom. The van der Waals surface area contributed by atoms with Crippen molar-refractivity contribution >= 4 is 0 Å². The molecule has 0 aromatic heterocycles. The van der Waals surface area contributed by atoms with E-state index >= 15 is 0 Å². The molecule has 1 saturated carbocycles. The molecule has 2 N–H and O–H groups in total. The van der Waals surface area contributed by atoms with Crippen molar-refractivity contribution in [1.82, 2.24) is 5.32 Å². The number of nitriles is 1. The lowest BCUT2D eigenvalue weighted by atomic mass is 9.85. The van der Waals surface area contributed by atoms with Crippen LogP contribution in [0.5, 0.6) is 0 Å². The lowest BCUT2D eigenvalue weighted by Gasteiger charge is -2.31. The molecule has 3 heteroatoms. The molecule has 0 amide bonds. The standard InChI is InChI=1S/C12H22N2O/c13-8-4-1-5-9-14-12-7-3-2-6-11(12)10-15/h11-12,14-15H,1-7,9-10H2. The van der Waals surface area contributed by atoms with Crippen LogP contribution in [-0.4, -0.2) is 24.3 Å². The minimum atomic E-state index is 0.315. The van der Waals surface area contributed by atoms with Gasteiger partial charge in [-0.15, -0.1) is 0 Å². The maximum atomic E-state index is 9.22. The van der Waals surface area contributed by atoms with Crippen molar-refractivity contribution in [3.05, 3.63) is 0 Å². The Morgan fingerprint density at radius 3 is 2.80 bits per heavy atom. The predicted octanol–water partition coefficient (Wildman–Crippen LogP) is 1.82. The number of hydrogen-bond acceptors (Lipinski definition) is 3. The Bertz CT molecular complexity index is 200. The van der Waals surface area contributed by atoms with E-state index in [0.29, 0.717) is 25.0 Å². The molecule has 0 radical (unpaired) electrons. The Kier molecular flexibility index (Phi) is 6.38. The summed E-state index contributed by atoms with van der Waals surface area (Å²) in [5.41, 5.74) is 0. The van der Waals surface area contributed by atoms with Crippen LogP contribution in [0.3, 0.4) is 0 Å². The quantitative estimate of drug-likeness (QED) is 0.657. The second-order valence-electron chi connectivity index (χ2n) is 4.40. The van der Waals surface area contributed by atoms with Crippen molar-refractivity contribution in [3.63, 3.8) is 0 Å². The average molecular weight is 210 g/mol. The van der Waals surface area contributed by atoms with Gasteiger partial charge in [0, 0.05) is 19.1 Å². The fraction of sp³-hybridized carbons (Fsp3) is 0.917. The van der Waals surface area contributed by atoms with E-state index in [1.807, 2.05) is 0 Å². The first-order valence-electron chi connectivity index (χ1n) is 6.09. The summed E-state index contributed by atoms with van der Waals surface area (Å²) in [6.07, 6.45) is 7.62. The molecule has 0 aromatic carbocycles. The molecule has 15 heavy (non-hydrogen) atoms. The van der Waals surface area contributed by atoms with Crippen LogP contribution in [0.15, 0.2) is 0 Å². The van der Waals surface area contributed by atoms with Crippen molar-refractivity contribution in [2.75, 3.05) is 13.2 Å². The fourth-order valence-electron chi connectivity index (χ4n) is 2.31. The monoisotopic (exact) mass is 210 g/mol. The van der Waals surface area contributed by atoms with Crippen LogP contribution in [0.2, 0.25) is 0 Å². The van der Waals surface area contributed by atoms with E-state index < -0.39 is 0 Å². The number of rotatable bonds is 6. The van der Waals surface area contributed by atoms with E-state index in [2.05, 4.69) is 11.4 Å². The van der Waals surface area contributed by atoms with Gasteiger partial charge in [0.25, 0.3) is 0 Å². The zero-order valence-corrected chi connectivity index (χ0v) is 9.41. The SMILES string of the molecule is N#CCCCCNC1CCCCC1CO. The van der Waals surface area contributed by atoms with Gasteiger partial charge in [-0.2, -0.15) is 5.26 Å². The maximum absolute atomic E-state index is 9.22. The highest BCUT2D eigenvalue weighted by atomic mass is 16.3. The minimum Gasteiger partial charge on any atom is -0.396 e. The second kappa shape index (κ2) is 7.67. The third-order valence-corrected chi connectivity index (χ3v) is 3.27. The minimum absolute atomic E-state index is 0.315. The van der Waals surface area contributed by atoms with E-state index in [4.69, 9.17) is 5.26 Å². The van der Waals surface area contributed by atoms with Gasteiger partial charge in [0.1, 0.15) is 0 Å². The first-order valence-corrected chi connectivity index (χ1v) is 6.09. The average Bonchev–Trinajstić information content (AvgIpc) is 2.29. The molecule has 1 aliphatic carbocycles. The number of unbranched alkanes of at least 4 members (excludes halogenated alkanes) is 2. The van der Waals surface area contributed by atoms with Gasteiger partial charge in [-0.3, -0.25) is 0 Å². The van der Waals surface area contributed by atoms with Gasteiger partial charge in [0.15, 0.2) is 0 Å². The molecule has 0 aromatic rings. The third kappa shape index (κ3) is 4.63. The summed E-state index contributed by atoms with van der Waals surface area (Å²) in [5, 5.41) is 21.1. The van der Waals surface area contributed by atoms with Gasteiger partial charge in [0.05, 0.1) is 6.07 Å². The zero-order chi connectivity index (χ0) is 10.9. The molecular weight excluding hydrogens is 188 g/mol. The van der Waals surface area contributed by atoms with E-state index in [1.165, 1.54) is 19.3 Å². The number of nitrogens with zero attached hydrogens (tertiary/aromatic N) is 1. The first kappa shape index (κ1) is 12.5. The van der Waals surface area contributed by atoms with Crippen LogP contribution >= 0.6 is 0 Å². The normalized spacial score (nSPS) is 26.1. The highest BCUT2D eigenvalue weighted by Gasteiger charge is 2.23. The highest BCUT2D eigenvalue weighted by molar-refractivity contribution is 4.80. The Morgan fingerprint density at radius 2 is 2.07 bits per heavy atom. The summed E-state index contributed by atoms with van der Waals surface area (Å²) in [6.45, 7) is 1.30. The van der Waals surface area contributed by atoms with Gasteiger partial charge in [-0.1, -0.05) is 12.8 Å². The summed E-state index contributed by atoms with van der Waals surface area (Å²) < 4.78 is 0. The smallest absolute Gasteiger partial charge is 0.0621 e. The van der Waals surface area contributed by atoms with Gasteiger partial charge in [0.2, 0.25) is 0 Å². The molecule has 1 aliphatic rings. The first-order chi connectivity index (χ1) is 7.38. The van der Waals surface area contributed by atoms with Gasteiger partial charge in [-0.25, -0.2) is 0 Å². The lowest BCUT2D eigenvalue weighted by Crippen LogP contribution is -2.40. The van der Waals surface area contributed by atoms with E-state index in [9.17, 15) is 5.11 Å². The topological polar surface area (TPSA) is 56.0 Å². The maximum Gasteiger partial charge on any atom is 0.0621 e. The van der Waals surface area contributed by atoms with Crippen molar-refractivity contribution in [2.24, 2.45) is 5.92 Å². The number of hydrogen-bond donors (Lipinski definition) is 2. The molecule has 86 valence electrons. The van der Waals surface area contributed by atoms with Crippen molar-refractivity contribution in [2.45, 2.75) is 51.0 Å². The molecular formula is C12H22N2O. The Hall–Kier alpha value is -0.590. The Labute approximate surface area is 92.5 Å². The van der Waals surface area contributed by atoms with Crippen LogP contribution in [-0.2, 0) is 0 Å². The number of aliphatic hydroxyl groups excluding tert-OH is 1. The van der Waals surface area contributed by atoms with Gasteiger partial charge < -0.3 is 10.4 Å². The number of nitrogens with one attached hydrogen (secondary N) is 1. The van der Waals surface area contributed by atoms with Crippen LogP contribution in [0, 0.1) is 17.2 Å². The summed E-state index contributed by atoms with van der Waals surface area (Å²) >= 11 is 0.